The lowest BCUT2D eigenvalue weighted by atomic mass is 10.0. The molecule has 2 unspecified atom stereocenters. The highest BCUT2D eigenvalue weighted by Gasteiger charge is 2.30. The second kappa shape index (κ2) is 6.59. The third-order valence-electron chi connectivity index (χ3n) is 3.00. The highest BCUT2D eigenvalue weighted by molar-refractivity contribution is 9.10. The Morgan fingerprint density at radius 3 is 2.74 bits per heavy atom. The molecule has 0 aromatic heterocycles. The molecular weight excluding hydrogens is 354 g/mol. The molecule has 0 radical (unpaired) electrons. The van der Waals surface area contributed by atoms with Crippen LogP contribution in [0.15, 0.2) is 16.6 Å². The molecule has 1 nitrogen and oxygen atoms in total. The van der Waals surface area contributed by atoms with Crippen LogP contribution in [0.4, 0.5) is 8.78 Å². The highest BCUT2D eigenvalue weighted by Crippen LogP contribution is 2.33. The lowest BCUT2D eigenvalue weighted by Gasteiger charge is -2.26. The van der Waals surface area contributed by atoms with Crippen LogP contribution in [0.3, 0.4) is 0 Å². The largest absolute Gasteiger partial charge is 0.298 e. The Bertz CT molecular complexity index is 496. The van der Waals surface area contributed by atoms with Gasteiger partial charge in [0.15, 0.2) is 5.78 Å². The van der Waals surface area contributed by atoms with Crippen molar-refractivity contribution in [2.45, 2.75) is 23.8 Å². The van der Waals surface area contributed by atoms with Gasteiger partial charge >= 0.3 is 0 Å². The van der Waals surface area contributed by atoms with Gasteiger partial charge in [0.1, 0.15) is 11.6 Å². The zero-order chi connectivity index (χ0) is 14.0. The monoisotopic (exact) mass is 366 g/mol. The molecule has 104 valence electrons. The Morgan fingerprint density at radius 1 is 1.37 bits per heavy atom. The summed E-state index contributed by atoms with van der Waals surface area (Å²) in [5, 5.41) is 0.0288. The summed E-state index contributed by atoms with van der Waals surface area (Å²) in [6, 6.07) is 2.49. The van der Waals surface area contributed by atoms with E-state index in [1.54, 1.807) is 23.5 Å². The van der Waals surface area contributed by atoms with Crippen LogP contribution in [0.1, 0.15) is 12.5 Å². The SMILES string of the molecule is CC1SCCSC1C(=O)Cc1c(F)ccc(Br)c1F. The van der Waals surface area contributed by atoms with Gasteiger partial charge in [-0.3, -0.25) is 4.79 Å². The molecule has 1 aliphatic rings. The fraction of sp³-hybridized carbons (Fsp3) is 0.462. The van der Waals surface area contributed by atoms with Crippen molar-refractivity contribution in [1.29, 1.82) is 0 Å². The van der Waals surface area contributed by atoms with Crippen LogP contribution in [-0.2, 0) is 11.2 Å². The van der Waals surface area contributed by atoms with E-state index in [1.165, 1.54) is 12.1 Å². The molecule has 6 heteroatoms. The average Bonchev–Trinajstić information content (AvgIpc) is 2.39. The molecule has 1 aromatic carbocycles. The quantitative estimate of drug-likeness (QED) is 0.750. The number of hydrogen-bond donors (Lipinski definition) is 0. The number of benzene rings is 1. The molecule has 0 N–H and O–H groups in total. The third-order valence-corrected chi connectivity index (χ3v) is 6.75. The van der Waals surface area contributed by atoms with Crippen LogP contribution >= 0.6 is 39.5 Å². The van der Waals surface area contributed by atoms with Gasteiger partial charge in [-0.05, 0) is 28.1 Å². The molecule has 1 fully saturated rings. The highest BCUT2D eigenvalue weighted by atomic mass is 79.9. The van der Waals surface area contributed by atoms with Gasteiger partial charge in [0, 0.05) is 28.7 Å². The van der Waals surface area contributed by atoms with Crippen molar-refractivity contribution in [1.82, 2.24) is 0 Å². The number of Topliss-reactive ketones (excluding diaryl/α,β-unsaturated/α-hetero) is 1. The van der Waals surface area contributed by atoms with E-state index < -0.39 is 11.6 Å². The molecule has 0 saturated carbocycles. The molecule has 0 aliphatic carbocycles. The van der Waals surface area contributed by atoms with Gasteiger partial charge in [0.05, 0.1) is 9.72 Å². The summed E-state index contributed by atoms with van der Waals surface area (Å²) in [4.78, 5) is 12.2. The number of rotatable bonds is 3. The first-order valence-electron chi connectivity index (χ1n) is 5.89. The van der Waals surface area contributed by atoms with E-state index in [-0.39, 0.29) is 32.7 Å². The lowest BCUT2D eigenvalue weighted by molar-refractivity contribution is -0.118. The Kier molecular flexibility index (Phi) is 5.31. The van der Waals surface area contributed by atoms with E-state index >= 15 is 0 Å². The maximum absolute atomic E-state index is 13.8. The van der Waals surface area contributed by atoms with E-state index in [1.807, 2.05) is 6.92 Å². The van der Waals surface area contributed by atoms with Crippen molar-refractivity contribution in [2.75, 3.05) is 11.5 Å². The summed E-state index contributed by atoms with van der Waals surface area (Å²) in [7, 11) is 0. The van der Waals surface area contributed by atoms with Crippen LogP contribution in [0, 0.1) is 11.6 Å². The summed E-state index contributed by atoms with van der Waals surface area (Å²) in [5.74, 6) is 0.509. The summed E-state index contributed by atoms with van der Waals surface area (Å²) in [6.45, 7) is 1.99. The van der Waals surface area contributed by atoms with E-state index in [4.69, 9.17) is 0 Å². The molecular formula is C13H13BrF2OS2. The average molecular weight is 367 g/mol. The van der Waals surface area contributed by atoms with Gasteiger partial charge in [-0.1, -0.05) is 6.92 Å². The standard InChI is InChI=1S/C13H13BrF2OS2/c1-7-13(19-5-4-18-7)11(17)6-8-10(15)3-2-9(14)12(8)16/h2-3,7,13H,4-6H2,1H3. The number of ketones is 1. The second-order valence-electron chi connectivity index (χ2n) is 4.33. The van der Waals surface area contributed by atoms with Crippen molar-refractivity contribution < 1.29 is 13.6 Å². The summed E-state index contributed by atoms with van der Waals surface area (Å²) in [5.41, 5.74) is -0.136. The van der Waals surface area contributed by atoms with Crippen molar-refractivity contribution in [2.24, 2.45) is 0 Å². The molecule has 0 amide bonds. The molecule has 19 heavy (non-hydrogen) atoms. The summed E-state index contributed by atoms with van der Waals surface area (Å²) < 4.78 is 27.7. The zero-order valence-corrected chi connectivity index (χ0v) is 13.5. The predicted octanol–water partition coefficient (Wildman–Crippen LogP) is 4.08. The number of thioether (sulfide) groups is 2. The van der Waals surface area contributed by atoms with Crippen molar-refractivity contribution in [3.63, 3.8) is 0 Å². The van der Waals surface area contributed by atoms with Gasteiger partial charge in [-0.2, -0.15) is 11.8 Å². The molecule has 0 spiro atoms. The first-order valence-corrected chi connectivity index (χ1v) is 8.78. The first-order chi connectivity index (χ1) is 9.00. The molecule has 1 heterocycles. The van der Waals surface area contributed by atoms with E-state index in [9.17, 15) is 13.6 Å². The minimum absolute atomic E-state index is 0.0967. The van der Waals surface area contributed by atoms with Crippen molar-refractivity contribution >= 4 is 45.2 Å². The maximum Gasteiger partial charge on any atom is 0.151 e. The third kappa shape index (κ3) is 3.52. The van der Waals surface area contributed by atoms with Crippen molar-refractivity contribution in [3.8, 4) is 0 Å². The Balaban J connectivity index is 2.17. The first kappa shape index (κ1) is 15.3. The maximum atomic E-state index is 13.8. The van der Waals surface area contributed by atoms with E-state index in [0.29, 0.717) is 0 Å². The summed E-state index contributed by atoms with van der Waals surface area (Å²) in [6.07, 6.45) is -0.181. The Hall–Kier alpha value is -0.0700. The van der Waals surface area contributed by atoms with Gasteiger partial charge in [-0.15, -0.1) is 11.8 Å². The minimum Gasteiger partial charge on any atom is -0.298 e. The van der Waals surface area contributed by atoms with Crippen molar-refractivity contribution in [3.05, 3.63) is 33.8 Å². The normalized spacial score (nSPS) is 23.4. The van der Waals surface area contributed by atoms with Crippen LogP contribution in [0.25, 0.3) is 0 Å². The molecule has 1 saturated heterocycles. The molecule has 2 rings (SSSR count). The lowest BCUT2D eigenvalue weighted by Crippen LogP contribution is -2.32. The van der Waals surface area contributed by atoms with Crippen LogP contribution in [-0.4, -0.2) is 27.8 Å². The Labute approximate surface area is 128 Å². The second-order valence-corrected chi connectivity index (χ2v) is 7.92. The fourth-order valence-electron chi connectivity index (χ4n) is 1.99. The smallest absolute Gasteiger partial charge is 0.151 e. The number of halogens is 3. The minimum atomic E-state index is -0.672. The van der Waals surface area contributed by atoms with Gasteiger partial charge in [0.25, 0.3) is 0 Å². The molecule has 2 atom stereocenters. The van der Waals surface area contributed by atoms with Gasteiger partial charge in [0.2, 0.25) is 0 Å². The van der Waals surface area contributed by atoms with E-state index in [2.05, 4.69) is 15.9 Å². The fourth-order valence-corrected chi connectivity index (χ4v) is 5.10. The number of hydrogen-bond acceptors (Lipinski definition) is 3. The van der Waals surface area contributed by atoms with Crippen LogP contribution < -0.4 is 0 Å². The number of carbonyl (C=O) groups is 1. The molecule has 1 aromatic rings. The molecule has 1 aliphatic heterocycles. The zero-order valence-electron chi connectivity index (χ0n) is 10.3. The predicted molar refractivity (Wildman–Crippen MR) is 80.9 cm³/mol. The number of carbonyl (C=O) groups excluding carboxylic acids is 1. The molecule has 0 bridgehead atoms. The topological polar surface area (TPSA) is 17.1 Å². The van der Waals surface area contributed by atoms with E-state index in [0.717, 1.165) is 11.5 Å². The van der Waals surface area contributed by atoms with Gasteiger partial charge < -0.3 is 0 Å². The van der Waals surface area contributed by atoms with Crippen LogP contribution in [0.5, 0.6) is 0 Å². The van der Waals surface area contributed by atoms with Gasteiger partial charge in [-0.25, -0.2) is 8.78 Å². The van der Waals surface area contributed by atoms with Crippen LogP contribution in [0.2, 0.25) is 0 Å². The summed E-state index contributed by atoms with van der Waals surface area (Å²) >= 11 is 6.34. The Morgan fingerprint density at radius 2 is 2.05 bits per heavy atom.